The van der Waals surface area contributed by atoms with Gasteiger partial charge in [0.1, 0.15) is 16.6 Å². The van der Waals surface area contributed by atoms with E-state index in [1.54, 1.807) is 7.05 Å². The Kier molecular flexibility index (Phi) is 6.86. The molecule has 0 radical (unpaired) electrons. The van der Waals surface area contributed by atoms with E-state index in [2.05, 4.69) is 14.8 Å². The molecule has 1 aliphatic rings. The summed E-state index contributed by atoms with van der Waals surface area (Å²) in [6, 6.07) is 10.6. The van der Waals surface area contributed by atoms with Gasteiger partial charge in [-0.25, -0.2) is 13.8 Å². The molecule has 0 bridgehead atoms. The highest BCUT2D eigenvalue weighted by atomic mass is 32.1. The number of anilines is 1. The molecule has 210 valence electrons. The number of amides is 2. The number of likely N-dealkylation sites (N-methyl/N-ethyl adjacent to an activating group) is 1. The van der Waals surface area contributed by atoms with Crippen molar-refractivity contribution in [3.63, 3.8) is 0 Å². The van der Waals surface area contributed by atoms with Crippen LogP contribution in [0.2, 0.25) is 0 Å². The second kappa shape index (κ2) is 10.5. The number of hydrogen-bond donors (Lipinski definition) is 1. The maximum absolute atomic E-state index is 14.3. The summed E-state index contributed by atoms with van der Waals surface area (Å²) < 4.78 is 39.9. The molecule has 5 aromatic rings. The second-order valence-electron chi connectivity index (χ2n) is 9.98. The topological polar surface area (TPSA) is 106 Å². The monoisotopic (exact) mass is 576 g/mol. The molecule has 3 aromatic heterocycles. The summed E-state index contributed by atoms with van der Waals surface area (Å²) in [4.78, 5) is 31.8. The van der Waals surface area contributed by atoms with E-state index in [1.807, 2.05) is 42.7 Å². The first-order valence-electron chi connectivity index (χ1n) is 13.1. The highest BCUT2D eigenvalue weighted by molar-refractivity contribution is 7.08. The fourth-order valence-corrected chi connectivity index (χ4v) is 6.21. The van der Waals surface area contributed by atoms with E-state index in [9.17, 15) is 18.4 Å². The summed E-state index contributed by atoms with van der Waals surface area (Å²) in [5, 5.41) is 7.40. The van der Waals surface area contributed by atoms with Crippen LogP contribution in [0.25, 0.3) is 27.2 Å². The largest absolute Gasteiger partial charge is 0.361 e. The third-order valence-corrected chi connectivity index (χ3v) is 8.13. The summed E-state index contributed by atoms with van der Waals surface area (Å²) in [7, 11) is 1.57. The molecule has 2 amide bonds. The number of rotatable bonds is 6. The fourth-order valence-electron chi connectivity index (χ4n) is 5.42. The Labute approximate surface area is 237 Å². The molecule has 1 aliphatic heterocycles. The molecule has 4 heterocycles. The van der Waals surface area contributed by atoms with Crippen LogP contribution in [0.15, 0.2) is 47.0 Å². The molecule has 9 nitrogen and oxygen atoms in total. The van der Waals surface area contributed by atoms with Gasteiger partial charge in [0.2, 0.25) is 11.8 Å². The standard InChI is InChI=1S/C29H26F2N6O3S/c1-15-28(16(2)40-34-15)17-7-10-23-22(11-17)33-29(37(23)27-13-18(35-41-27)12-25(38)32-3)24-5-4-6-26(39)36(24)19-8-9-20(30)21(31)14-19/h7-11,13-14,24H,4-6,12H2,1-3H3,(H,32,38). The quantitative estimate of drug-likeness (QED) is 0.283. The van der Waals surface area contributed by atoms with Gasteiger partial charge in [-0.15, -0.1) is 0 Å². The van der Waals surface area contributed by atoms with Gasteiger partial charge in [-0.2, -0.15) is 4.37 Å². The Morgan fingerprint density at radius 1 is 1.15 bits per heavy atom. The van der Waals surface area contributed by atoms with Crippen molar-refractivity contribution in [2.75, 3.05) is 11.9 Å². The van der Waals surface area contributed by atoms with Crippen LogP contribution < -0.4 is 10.2 Å². The molecule has 12 heteroatoms. The van der Waals surface area contributed by atoms with Crippen molar-refractivity contribution in [3.05, 3.63) is 77.1 Å². The first kappa shape index (κ1) is 26.8. The van der Waals surface area contributed by atoms with Crippen LogP contribution in [0.5, 0.6) is 0 Å². The van der Waals surface area contributed by atoms with Crippen molar-refractivity contribution in [1.29, 1.82) is 0 Å². The number of aryl methyl sites for hydroxylation is 2. The van der Waals surface area contributed by atoms with Crippen molar-refractivity contribution < 1.29 is 22.9 Å². The maximum Gasteiger partial charge on any atom is 0.227 e. The molecule has 1 N–H and O–H groups in total. The van der Waals surface area contributed by atoms with Gasteiger partial charge in [0.15, 0.2) is 11.6 Å². The second-order valence-corrected chi connectivity index (χ2v) is 10.8. The van der Waals surface area contributed by atoms with Crippen molar-refractivity contribution in [2.45, 2.75) is 45.6 Å². The number of imidazole rings is 1. The average Bonchev–Trinajstić information content (AvgIpc) is 3.66. The minimum absolute atomic E-state index is 0.119. The van der Waals surface area contributed by atoms with E-state index >= 15 is 0 Å². The first-order valence-corrected chi connectivity index (χ1v) is 13.9. The predicted molar refractivity (Wildman–Crippen MR) is 150 cm³/mol. The van der Waals surface area contributed by atoms with Gasteiger partial charge >= 0.3 is 0 Å². The highest BCUT2D eigenvalue weighted by Crippen LogP contribution is 2.40. The van der Waals surface area contributed by atoms with E-state index in [0.29, 0.717) is 35.6 Å². The number of halogens is 2. The number of carbonyl (C=O) groups excluding carboxylic acids is 2. The Morgan fingerprint density at radius 2 is 1.98 bits per heavy atom. The number of piperidine rings is 1. The summed E-state index contributed by atoms with van der Waals surface area (Å²) in [5.74, 6) is -1.13. The lowest BCUT2D eigenvalue weighted by Crippen LogP contribution is -2.39. The van der Waals surface area contributed by atoms with Gasteiger partial charge in [-0.1, -0.05) is 11.2 Å². The third-order valence-electron chi connectivity index (χ3n) is 7.32. The molecule has 1 saturated heterocycles. The Morgan fingerprint density at radius 3 is 2.71 bits per heavy atom. The minimum Gasteiger partial charge on any atom is -0.361 e. The fraction of sp³-hybridized carbons (Fsp3) is 0.276. The molecule has 1 atom stereocenters. The van der Waals surface area contributed by atoms with E-state index in [0.717, 1.165) is 39.5 Å². The number of fused-ring (bicyclic) bond motifs is 1. The van der Waals surface area contributed by atoms with Gasteiger partial charge in [0, 0.05) is 30.8 Å². The predicted octanol–water partition coefficient (Wildman–Crippen LogP) is 5.58. The number of aromatic nitrogens is 4. The smallest absolute Gasteiger partial charge is 0.227 e. The van der Waals surface area contributed by atoms with Crippen LogP contribution in [0.3, 0.4) is 0 Å². The van der Waals surface area contributed by atoms with Crippen LogP contribution in [-0.4, -0.2) is 37.9 Å². The summed E-state index contributed by atoms with van der Waals surface area (Å²) in [6.45, 7) is 3.72. The van der Waals surface area contributed by atoms with Gasteiger partial charge in [-0.05, 0) is 74.1 Å². The molecule has 1 fully saturated rings. The zero-order chi connectivity index (χ0) is 28.8. The number of benzene rings is 2. The van der Waals surface area contributed by atoms with Crippen molar-refractivity contribution in [1.82, 2.24) is 24.4 Å². The van der Waals surface area contributed by atoms with Crippen LogP contribution in [0, 0.1) is 25.5 Å². The number of hydrogen-bond acceptors (Lipinski definition) is 7. The third kappa shape index (κ3) is 4.77. The van der Waals surface area contributed by atoms with E-state index in [-0.39, 0.29) is 30.3 Å². The Bertz CT molecular complexity index is 1790. The lowest BCUT2D eigenvalue weighted by atomic mass is 9.99. The summed E-state index contributed by atoms with van der Waals surface area (Å²) in [5.41, 5.74) is 4.82. The van der Waals surface area contributed by atoms with Gasteiger partial charge in [-0.3, -0.25) is 14.2 Å². The highest BCUT2D eigenvalue weighted by Gasteiger charge is 2.35. The van der Waals surface area contributed by atoms with Gasteiger partial charge < -0.3 is 14.7 Å². The van der Waals surface area contributed by atoms with E-state index in [4.69, 9.17) is 9.51 Å². The molecular weight excluding hydrogens is 550 g/mol. The summed E-state index contributed by atoms with van der Waals surface area (Å²) >= 11 is 1.22. The molecule has 41 heavy (non-hydrogen) atoms. The lowest BCUT2D eigenvalue weighted by Gasteiger charge is -2.35. The zero-order valence-electron chi connectivity index (χ0n) is 22.6. The van der Waals surface area contributed by atoms with Crippen molar-refractivity contribution >= 4 is 40.1 Å². The number of nitrogens with one attached hydrogen (secondary N) is 1. The van der Waals surface area contributed by atoms with Crippen molar-refractivity contribution in [3.8, 4) is 16.1 Å². The number of carbonyl (C=O) groups is 2. The molecule has 0 spiro atoms. The van der Waals surface area contributed by atoms with E-state index < -0.39 is 17.7 Å². The molecule has 0 aliphatic carbocycles. The minimum atomic E-state index is -1.03. The molecule has 1 unspecified atom stereocenters. The molecule has 0 saturated carbocycles. The van der Waals surface area contributed by atoms with Gasteiger partial charge in [0.05, 0.1) is 34.9 Å². The van der Waals surface area contributed by atoms with Crippen LogP contribution in [0.1, 0.15) is 48.3 Å². The van der Waals surface area contributed by atoms with E-state index in [1.165, 1.54) is 22.5 Å². The average molecular weight is 577 g/mol. The lowest BCUT2D eigenvalue weighted by molar-refractivity contribution is -0.121. The SMILES string of the molecule is CNC(=O)Cc1cc(-n2c(C3CCCC(=O)N3c3ccc(F)c(F)c3)nc3cc(-c4c(C)noc4C)ccc32)sn1. The molecule has 6 rings (SSSR count). The van der Waals surface area contributed by atoms with Crippen LogP contribution in [-0.2, 0) is 16.0 Å². The van der Waals surface area contributed by atoms with Crippen molar-refractivity contribution in [2.24, 2.45) is 0 Å². The Balaban J connectivity index is 1.54. The summed E-state index contributed by atoms with van der Waals surface area (Å²) in [6.07, 6.45) is 1.58. The maximum atomic E-state index is 14.3. The molecule has 2 aromatic carbocycles. The first-order chi connectivity index (χ1) is 19.7. The molecular formula is C29H26F2N6O3S. The number of nitrogens with zero attached hydrogens (tertiary/aromatic N) is 5. The van der Waals surface area contributed by atoms with Crippen LogP contribution in [0.4, 0.5) is 14.5 Å². The zero-order valence-corrected chi connectivity index (χ0v) is 23.4. The van der Waals surface area contributed by atoms with Crippen LogP contribution >= 0.6 is 11.5 Å². The normalized spacial score (nSPS) is 15.6. The van der Waals surface area contributed by atoms with Gasteiger partial charge in [0.25, 0.3) is 0 Å². The Hall–Kier alpha value is -4.45.